The maximum atomic E-state index is 12.7. The van der Waals surface area contributed by atoms with Crippen LogP contribution in [0.1, 0.15) is 34.8 Å². The summed E-state index contributed by atoms with van der Waals surface area (Å²) in [5.74, 6) is 1.07. The Kier molecular flexibility index (Phi) is 5.86. The van der Waals surface area contributed by atoms with E-state index < -0.39 is 0 Å². The van der Waals surface area contributed by atoms with Crippen LogP contribution in [-0.2, 0) is 13.0 Å². The lowest BCUT2D eigenvalue weighted by Crippen LogP contribution is -2.35. The van der Waals surface area contributed by atoms with Gasteiger partial charge in [0.15, 0.2) is 16.6 Å². The molecule has 1 aliphatic rings. The van der Waals surface area contributed by atoms with E-state index in [1.165, 1.54) is 37.5 Å². The summed E-state index contributed by atoms with van der Waals surface area (Å²) in [4.78, 5) is 21.0. The van der Waals surface area contributed by atoms with Crippen LogP contribution < -0.4 is 19.5 Å². The van der Waals surface area contributed by atoms with Crippen molar-refractivity contribution in [3.63, 3.8) is 0 Å². The van der Waals surface area contributed by atoms with Crippen LogP contribution in [0.25, 0.3) is 0 Å². The third-order valence-corrected chi connectivity index (χ3v) is 5.64. The molecule has 3 rings (SSSR count). The van der Waals surface area contributed by atoms with Gasteiger partial charge in [0.05, 0.1) is 27.0 Å². The van der Waals surface area contributed by atoms with E-state index in [0.717, 1.165) is 25.2 Å². The van der Waals surface area contributed by atoms with Crippen LogP contribution >= 0.6 is 11.3 Å². The highest BCUT2D eigenvalue weighted by molar-refractivity contribution is 7.15. The fraction of sp³-hybridized carbons (Fsp3) is 0.474. The smallest absolute Gasteiger partial charge is 0.257 e. The molecule has 0 atom stereocenters. The third-order valence-electron chi connectivity index (χ3n) is 4.64. The number of aromatic nitrogens is 1. The summed E-state index contributed by atoms with van der Waals surface area (Å²) in [6.07, 6.45) is 0.907. The quantitative estimate of drug-likeness (QED) is 0.815. The number of fused-ring (bicyclic) bond motifs is 1. The van der Waals surface area contributed by atoms with Crippen LogP contribution in [0.4, 0.5) is 5.13 Å². The number of benzene rings is 1. The van der Waals surface area contributed by atoms with Crippen LogP contribution in [0.2, 0.25) is 0 Å². The largest absolute Gasteiger partial charge is 0.493 e. The lowest BCUT2D eigenvalue weighted by atomic mass is 10.1. The Hall–Kier alpha value is -2.32. The van der Waals surface area contributed by atoms with Gasteiger partial charge in [0, 0.05) is 36.0 Å². The van der Waals surface area contributed by atoms with Crippen molar-refractivity contribution in [3.05, 3.63) is 28.3 Å². The van der Waals surface area contributed by atoms with Gasteiger partial charge < -0.3 is 14.2 Å². The van der Waals surface area contributed by atoms with Crippen molar-refractivity contribution in [1.82, 2.24) is 9.88 Å². The summed E-state index contributed by atoms with van der Waals surface area (Å²) < 4.78 is 15.9. The number of carbonyl (C=O) groups is 1. The van der Waals surface area contributed by atoms with Crippen molar-refractivity contribution < 1.29 is 19.0 Å². The van der Waals surface area contributed by atoms with Crippen LogP contribution in [0.15, 0.2) is 12.1 Å². The molecule has 0 fully saturated rings. The Morgan fingerprint density at radius 3 is 2.41 bits per heavy atom. The highest BCUT2D eigenvalue weighted by Crippen LogP contribution is 2.38. The van der Waals surface area contributed by atoms with Gasteiger partial charge in [-0.25, -0.2) is 4.98 Å². The number of hydrogen-bond donors (Lipinski definition) is 1. The van der Waals surface area contributed by atoms with Gasteiger partial charge in [-0.3, -0.25) is 15.0 Å². The van der Waals surface area contributed by atoms with Crippen LogP contribution in [0.3, 0.4) is 0 Å². The Balaban J connectivity index is 1.80. The molecule has 1 amide bonds. The van der Waals surface area contributed by atoms with Gasteiger partial charge in [0.2, 0.25) is 5.75 Å². The molecular formula is C19H25N3O4S. The van der Waals surface area contributed by atoms with Crippen molar-refractivity contribution in [2.45, 2.75) is 32.9 Å². The number of rotatable bonds is 6. The van der Waals surface area contributed by atoms with Gasteiger partial charge in [0.1, 0.15) is 0 Å². The Bertz CT molecular complexity index is 809. The summed E-state index contributed by atoms with van der Waals surface area (Å²) in [5, 5.41) is 3.51. The zero-order valence-electron chi connectivity index (χ0n) is 16.3. The zero-order chi connectivity index (χ0) is 19.6. The van der Waals surface area contributed by atoms with Crippen molar-refractivity contribution in [1.29, 1.82) is 0 Å². The van der Waals surface area contributed by atoms with Crippen molar-refractivity contribution in [2.75, 3.05) is 33.2 Å². The molecule has 1 aromatic heterocycles. The van der Waals surface area contributed by atoms with Crippen LogP contribution in [-0.4, -0.2) is 49.7 Å². The highest BCUT2D eigenvalue weighted by Gasteiger charge is 2.23. The Morgan fingerprint density at radius 1 is 1.19 bits per heavy atom. The van der Waals surface area contributed by atoms with E-state index in [-0.39, 0.29) is 5.91 Å². The zero-order valence-corrected chi connectivity index (χ0v) is 17.1. The molecule has 27 heavy (non-hydrogen) atoms. The first-order valence-electron chi connectivity index (χ1n) is 8.80. The molecule has 2 heterocycles. The first-order chi connectivity index (χ1) is 13.0. The summed E-state index contributed by atoms with van der Waals surface area (Å²) in [6, 6.07) is 3.76. The van der Waals surface area contributed by atoms with Gasteiger partial charge in [-0.15, -0.1) is 11.3 Å². The van der Waals surface area contributed by atoms with Gasteiger partial charge in [-0.2, -0.15) is 0 Å². The second-order valence-electron chi connectivity index (χ2n) is 6.57. The maximum Gasteiger partial charge on any atom is 0.257 e. The van der Waals surface area contributed by atoms with E-state index in [1.807, 2.05) is 0 Å². The van der Waals surface area contributed by atoms with Crippen LogP contribution in [0.5, 0.6) is 17.2 Å². The van der Waals surface area contributed by atoms with Crippen molar-refractivity contribution >= 4 is 22.4 Å². The summed E-state index contributed by atoms with van der Waals surface area (Å²) in [7, 11) is 4.57. The molecule has 0 radical (unpaired) electrons. The van der Waals surface area contributed by atoms with Gasteiger partial charge in [0.25, 0.3) is 5.91 Å². The fourth-order valence-electron chi connectivity index (χ4n) is 3.09. The SMILES string of the molecule is COc1cc(C(=O)Nc2nc3c(s2)CN(C(C)C)CC3)cc(OC)c1OC. The number of ether oxygens (including phenoxy) is 3. The van der Waals surface area contributed by atoms with E-state index in [1.54, 1.807) is 12.1 Å². The molecule has 0 saturated carbocycles. The molecule has 0 aliphatic carbocycles. The molecule has 0 spiro atoms. The molecule has 8 heteroatoms. The number of anilines is 1. The van der Waals surface area contributed by atoms with Gasteiger partial charge in [-0.1, -0.05) is 0 Å². The third kappa shape index (κ3) is 4.01. The second kappa shape index (κ2) is 8.14. The van der Waals surface area contributed by atoms with E-state index in [9.17, 15) is 4.79 Å². The topological polar surface area (TPSA) is 72.9 Å². The Morgan fingerprint density at radius 2 is 1.85 bits per heavy atom. The molecule has 1 N–H and O–H groups in total. The number of nitrogens with one attached hydrogen (secondary N) is 1. The fourth-order valence-corrected chi connectivity index (χ4v) is 4.12. The second-order valence-corrected chi connectivity index (χ2v) is 7.65. The Labute approximate surface area is 163 Å². The molecule has 146 valence electrons. The molecule has 1 aliphatic heterocycles. The summed E-state index contributed by atoms with van der Waals surface area (Å²) in [5.41, 5.74) is 1.50. The first kappa shape index (κ1) is 19.4. The molecular weight excluding hydrogens is 366 g/mol. The summed E-state index contributed by atoms with van der Waals surface area (Å²) in [6.45, 7) is 6.26. The normalized spacial score (nSPS) is 14.0. The van der Waals surface area contributed by atoms with Crippen molar-refractivity contribution in [3.8, 4) is 17.2 Å². The minimum absolute atomic E-state index is 0.263. The molecule has 7 nitrogen and oxygen atoms in total. The maximum absolute atomic E-state index is 12.7. The standard InChI is InChI=1S/C19H25N3O4S/c1-11(2)22-7-6-13-16(10-22)27-19(20-13)21-18(23)12-8-14(24-3)17(26-5)15(9-12)25-4/h8-9,11H,6-7,10H2,1-5H3,(H,20,21,23). The lowest BCUT2D eigenvalue weighted by Gasteiger charge is -2.29. The average molecular weight is 391 g/mol. The number of thiazole rings is 1. The number of carbonyl (C=O) groups excluding carboxylic acids is 1. The molecule has 0 unspecified atom stereocenters. The predicted octanol–water partition coefficient (Wildman–Crippen LogP) is 3.19. The van der Waals surface area contributed by atoms with E-state index in [4.69, 9.17) is 14.2 Å². The highest BCUT2D eigenvalue weighted by atomic mass is 32.1. The van der Waals surface area contributed by atoms with E-state index in [2.05, 4.69) is 29.0 Å². The minimum atomic E-state index is -0.263. The molecule has 1 aromatic carbocycles. The predicted molar refractivity (Wildman–Crippen MR) is 105 cm³/mol. The van der Waals surface area contributed by atoms with Gasteiger partial charge in [-0.05, 0) is 26.0 Å². The minimum Gasteiger partial charge on any atom is -0.493 e. The van der Waals surface area contributed by atoms with Crippen molar-refractivity contribution in [2.24, 2.45) is 0 Å². The van der Waals surface area contributed by atoms with E-state index in [0.29, 0.717) is 34.0 Å². The lowest BCUT2D eigenvalue weighted by molar-refractivity contribution is 0.102. The van der Waals surface area contributed by atoms with Crippen LogP contribution in [0, 0.1) is 0 Å². The monoisotopic (exact) mass is 391 g/mol. The number of nitrogens with zero attached hydrogens (tertiary/aromatic N) is 2. The molecule has 0 saturated heterocycles. The number of methoxy groups -OCH3 is 3. The summed E-state index contributed by atoms with van der Waals surface area (Å²) >= 11 is 1.54. The molecule has 2 aromatic rings. The number of amides is 1. The number of hydrogen-bond acceptors (Lipinski definition) is 7. The average Bonchev–Trinajstić information content (AvgIpc) is 3.07. The van der Waals surface area contributed by atoms with Gasteiger partial charge >= 0.3 is 0 Å². The molecule has 0 bridgehead atoms. The van der Waals surface area contributed by atoms with E-state index >= 15 is 0 Å². The first-order valence-corrected chi connectivity index (χ1v) is 9.62.